The van der Waals surface area contributed by atoms with E-state index in [1.807, 2.05) is 23.1 Å². The number of hydrogen-bond donors (Lipinski definition) is 1. The van der Waals surface area contributed by atoms with Crippen molar-refractivity contribution in [3.8, 4) is 0 Å². The molecule has 0 bridgehead atoms. The van der Waals surface area contributed by atoms with E-state index >= 15 is 0 Å². The molecule has 1 aliphatic carbocycles. The molecule has 1 aromatic carbocycles. The van der Waals surface area contributed by atoms with E-state index in [9.17, 15) is 14.3 Å². The summed E-state index contributed by atoms with van der Waals surface area (Å²) in [5, 5.41) is 10.7. The molecule has 0 radical (unpaired) electrons. The molecule has 6 heteroatoms. The summed E-state index contributed by atoms with van der Waals surface area (Å²) in [6.07, 6.45) is 5.23. The second kappa shape index (κ2) is 7.98. The van der Waals surface area contributed by atoms with Crippen molar-refractivity contribution in [1.82, 2.24) is 9.80 Å². The van der Waals surface area contributed by atoms with Crippen LogP contribution in [0.1, 0.15) is 25.7 Å². The first-order valence-electron chi connectivity index (χ1n) is 10.0. The molecule has 2 aliphatic heterocycles. The number of amides is 1. The van der Waals surface area contributed by atoms with E-state index in [1.54, 1.807) is 6.07 Å². The summed E-state index contributed by atoms with van der Waals surface area (Å²) >= 11 is 0. The van der Waals surface area contributed by atoms with Crippen LogP contribution in [-0.2, 0) is 4.79 Å². The van der Waals surface area contributed by atoms with Crippen LogP contribution in [0.15, 0.2) is 35.9 Å². The summed E-state index contributed by atoms with van der Waals surface area (Å²) in [5.74, 6) is -0.0756. The van der Waals surface area contributed by atoms with E-state index in [0.29, 0.717) is 18.8 Å². The van der Waals surface area contributed by atoms with Gasteiger partial charge in [-0.05, 0) is 37.8 Å². The van der Waals surface area contributed by atoms with Crippen LogP contribution in [0.2, 0.25) is 0 Å². The Bertz CT molecular complexity index is 715. The van der Waals surface area contributed by atoms with Gasteiger partial charge in [0, 0.05) is 50.9 Å². The number of likely N-dealkylation sites (tertiary alicyclic amines) is 1. The molecular formula is C21H28FN3O2. The minimum Gasteiger partial charge on any atom is -0.390 e. The van der Waals surface area contributed by atoms with Crippen molar-refractivity contribution in [2.75, 3.05) is 44.2 Å². The Labute approximate surface area is 160 Å². The van der Waals surface area contributed by atoms with E-state index in [-0.39, 0.29) is 17.8 Å². The first-order chi connectivity index (χ1) is 13.1. The van der Waals surface area contributed by atoms with Crippen molar-refractivity contribution in [3.05, 3.63) is 41.7 Å². The molecule has 3 aliphatic rings. The predicted octanol–water partition coefficient (Wildman–Crippen LogP) is 2.02. The minimum absolute atomic E-state index is 0.0781. The maximum Gasteiger partial charge on any atom is 0.249 e. The number of rotatable bonds is 3. The summed E-state index contributed by atoms with van der Waals surface area (Å²) < 4.78 is 14.0. The lowest BCUT2D eigenvalue weighted by Crippen LogP contribution is -2.59. The van der Waals surface area contributed by atoms with Gasteiger partial charge in [-0.3, -0.25) is 9.69 Å². The van der Waals surface area contributed by atoms with Gasteiger partial charge in [0.2, 0.25) is 5.91 Å². The zero-order valence-electron chi connectivity index (χ0n) is 15.7. The number of hydrogen-bond acceptors (Lipinski definition) is 4. The lowest BCUT2D eigenvalue weighted by atomic mass is 9.98. The van der Waals surface area contributed by atoms with Crippen LogP contribution in [0.3, 0.4) is 0 Å². The predicted molar refractivity (Wildman–Crippen MR) is 103 cm³/mol. The van der Waals surface area contributed by atoms with Gasteiger partial charge in [0.25, 0.3) is 0 Å². The van der Waals surface area contributed by atoms with Crippen LogP contribution >= 0.6 is 0 Å². The highest BCUT2D eigenvalue weighted by molar-refractivity contribution is 5.93. The van der Waals surface area contributed by atoms with Crippen molar-refractivity contribution in [2.24, 2.45) is 0 Å². The quantitative estimate of drug-likeness (QED) is 0.881. The van der Waals surface area contributed by atoms with Gasteiger partial charge in [-0.2, -0.15) is 0 Å². The molecule has 1 N–H and O–H groups in total. The lowest BCUT2D eigenvalue weighted by Gasteiger charge is -2.45. The SMILES string of the molecule is O=C(C1=CCCC1)N1CC[C@@H](N2CCN(c3ccccc3F)CC2)[C@H](O)C1. The van der Waals surface area contributed by atoms with Crippen LogP contribution in [0.4, 0.5) is 10.1 Å². The molecule has 2 fully saturated rings. The van der Waals surface area contributed by atoms with Gasteiger partial charge in [0.1, 0.15) is 5.82 Å². The average molecular weight is 373 g/mol. The molecular weight excluding hydrogens is 345 g/mol. The number of para-hydroxylation sites is 1. The molecule has 146 valence electrons. The number of piperazine rings is 1. The van der Waals surface area contributed by atoms with Crippen LogP contribution in [-0.4, -0.2) is 72.2 Å². The molecule has 5 nitrogen and oxygen atoms in total. The van der Waals surface area contributed by atoms with Gasteiger partial charge in [-0.15, -0.1) is 0 Å². The Morgan fingerprint density at radius 1 is 1.11 bits per heavy atom. The largest absolute Gasteiger partial charge is 0.390 e. The first-order valence-corrected chi connectivity index (χ1v) is 10.0. The van der Waals surface area contributed by atoms with Crippen LogP contribution in [0.5, 0.6) is 0 Å². The molecule has 2 atom stereocenters. The van der Waals surface area contributed by atoms with Gasteiger partial charge < -0.3 is 14.9 Å². The molecule has 2 heterocycles. The summed E-state index contributed by atoms with van der Waals surface area (Å²) in [4.78, 5) is 18.7. The highest BCUT2D eigenvalue weighted by Crippen LogP contribution is 2.26. The standard InChI is InChI=1S/C21H28FN3O2/c22-17-7-3-4-8-18(17)23-11-13-24(14-12-23)19-9-10-25(15-20(19)26)21(27)16-5-1-2-6-16/h3-5,7-8,19-20,26H,1-2,6,9-15H2/t19-,20-/m1/s1. The van der Waals surface area contributed by atoms with Gasteiger partial charge in [0.05, 0.1) is 11.8 Å². The number of aliphatic hydroxyl groups is 1. The fourth-order valence-electron chi connectivity index (χ4n) is 4.60. The molecule has 27 heavy (non-hydrogen) atoms. The minimum atomic E-state index is -0.523. The summed E-state index contributed by atoms with van der Waals surface area (Å²) in [6, 6.07) is 6.97. The smallest absolute Gasteiger partial charge is 0.249 e. The average Bonchev–Trinajstić information content (AvgIpc) is 3.23. The normalized spacial score (nSPS) is 27.0. The van der Waals surface area contributed by atoms with Crippen molar-refractivity contribution < 1.29 is 14.3 Å². The Balaban J connectivity index is 1.32. The van der Waals surface area contributed by atoms with E-state index in [2.05, 4.69) is 9.80 Å². The maximum absolute atomic E-state index is 14.0. The van der Waals surface area contributed by atoms with Gasteiger partial charge in [-0.1, -0.05) is 18.2 Å². The van der Waals surface area contributed by atoms with E-state index in [0.717, 1.165) is 57.4 Å². The molecule has 4 rings (SSSR count). The monoisotopic (exact) mass is 373 g/mol. The number of β-amino-alcohol motifs (C(OH)–C–C–N with tert-alkyl or cyclic N) is 1. The number of carbonyl (C=O) groups excluding carboxylic acids is 1. The zero-order valence-corrected chi connectivity index (χ0v) is 15.7. The highest BCUT2D eigenvalue weighted by atomic mass is 19.1. The zero-order chi connectivity index (χ0) is 18.8. The van der Waals surface area contributed by atoms with Crippen LogP contribution in [0, 0.1) is 5.82 Å². The van der Waals surface area contributed by atoms with Crippen LogP contribution < -0.4 is 4.90 Å². The molecule has 1 aromatic rings. The Kier molecular flexibility index (Phi) is 5.45. The first kappa shape index (κ1) is 18.4. The van der Waals surface area contributed by atoms with Crippen molar-refractivity contribution >= 4 is 11.6 Å². The number of anilines is 1. The Hall–Kier alpha value is -1.92. The number of nitrogens with zero attached hydrogens (tertiary/aromatic N) is 3. The molecule has 2 saturated heterocycles. The van der Waals surface area contributed by atoms with Crippen molar-refractivity contribution in [2.45, 2.75) is 37.8 Å². The number of halogens is 1. The number of benzene rings is 1. The number of aliphatic hydroxyl groups excluding tert-OH is 1. The van der Waals surface area contributed by atoms with E-state index in [1.165, 1.54) is 6.07 Å². The highest BCUT2D eigenvalue weighted by Gasteiger charge is 2.36. The fraction of sp³-hybridized carbons (Fsp3) is 0.571. The number of piperidine rings is 1. The fourth-order valence-corrected chi connectivity index (χ4v) is 4.60. The maximum atomic E-state index is 14.0. The second-order valence-electron chi connectivity index (χ2n) is 7.77. The van der Waals surface area contributed by atoms with Crippen molar-refractivity contribution in [3.63, 3.8) is 0 Å². The Morgan fingerprint density at radius 3 is 2.56 bits per heavy atom. The molecule has 0 unspecified atom stereocenters. The third-order valence-corrected chi connectivity index (χ3v) is 6.13. The summed E-state index contributed by atoms with van der Waals surface area (Å²) in [5.41, 5.74) is 1.57. The summed E-state index contributed by atoms with van der Waals surface area (Å²) in [6.45, 7) is 4.21. The van der Waals surface area contributed by atoms with E-state index < -0.39 is 6.10 Å². The van der Waals surface area contributed by atoms with Gasteiger partial charge >= 0.3 is 0 Å². The molecule has 0 saturated carbocycles. The lowest BCUT2D eigenvalue weighted by molar-refractivity contribution is -0.132. The summed E-state index contributed by atoms with van der Waals surface area (Å²) in [7, 11) is 0. The Morgan fingerprint density at radius 2 is 1.89 bits per heavy atom. The second-order valence-corrected chi connectivity index (χ2v) is 7.77. The third-order valence-electron chi connectivity index (χ3n) is 6.13. The molecule has 0 aromatic heterocycles. The van der Waals surface area contributed by atoms with Crippen molar-refractivity contribution in [1.29, 1.82) is 0 Å². The van der Waals surface area contributed by atoms with E-state index in [4.69, 9.17) is 0 Å². The molecule has 1 amide bonds. The molecule has 0 spiro atoms. The third kappa shape index (κ3) is 3.87. The topological polar surface area (TPSA) is 47.0 Å². The van der Waals surface area contributed by atoms with Gasteiger partial charge in [0.15, 0.2) is 0 Å². The number of carbonyl (C=O) groups is 1. The number of allylic oxidation sites excluding steroid dienone is 1. The van der Waals surface area contributed by atoms with Crippen LogP contribution in [0.25, 0.3) is 0 Å². The van der Waals surface area contributed by atoms with Gasteiger partial charge in [-0.25, -0.2) is 4.39 Å².